The summed E-state index contributed by atoms with van der Waals surface area (Å²) in [6, 6.07) is -0.970. The van der Waals surface area contributed by atoms with Crippen LogP contribution >= 0.6 is 0 Å². The first-order valence-electron chi connectivity index (χ1n) is 7.70. The zero-order chi connectivity index (χ0) is 15.8. The molecule has 3 unspecified atom stereocenters. The molecule has 0 aromatic rings. The molecule has 2 heterocycles. The monoisotopic (exact) mass is 298 g/mol. The van der Waals surface area contributed by atoms with Crippen LogP contribution in [-0.4, -0.2) is 63.8 Å². The lowest BCUT2D eigenvalue weighted by atomic mass is 9.76. The predicted molar refractivity (Wildman–Crippen MR) is 77.9 cm³/mol. The molecule has 6 nitrogen and oxygen atoms in total. The quantitative estimate of drug-likeness (QED) is 0.807. The number of aliphatic carboxylic acids is 1. The van der Waals surface area contributed by atoms with Gasteiger partial charge in [-0.1, -0.05) is 13.8 Å². The van der Waals surface area contributed by atoms with Gasteiger partial charge in [-0.15, -0.1) is 0 Å². The van der Waals surface area contributed by atoms with Gasteiger partial charge in [0.25, 0.3) is 0 Å². The second-order valence-electron chi connectivity index (χ2n) is 7.04. The second-order valence-corrected chi connectivity index (χ2v) is 7.04. The van der Waals surface area contributed by atoms with Gasteiger partial charge < -0.3 is 20.0 Å². The van der Waals surface area contributed by atoms with Gasteiger partial charge in [-0.3, -0.25) is 0 Å². The number of piperidine rings is 1. The summed E-state index contributed by atoms with van der Waals surface area (Å²) in [5, 5.41) is 19.2. The fourth-order valence-electron chi connectivity index (χ4n) is 3.60. The minimum atomic E-state index is -0.931. The summed E-state index contributed by atoms with van der Waals surface area (Å²) < 4.78 is 0. The van der Waals surface area contributed by atoms with Gasteiger partial charge in [-0.2, -0.15) is 0 Å². The maximum absolute atomic E-state index is 12.7. The minimum Gasteiger partial charge on any atom is -0.480 e. The van der Waals surface area contributed by atoms with Crippen LogP contribution < -0.4 is 0 Å². The molecule has 2 aliphatic heterocycles. The standard InChI is InChI=1S/C15H26N2O4/c1-10(18)11-5-8-16(9-11)14(21)17-7-4-6-15(2,3)12(17)13(19)20/h10-12,18H,4-9H2,1-3H3,(H,19,20). The van der Waals surface area contributed by atoms with E-state index in [9.17, 15) is 19.8 Å². The normalized spacial score (nSPS) is 30.3. The average Bonchev–Trinajstić information content (AvgIpc) is 2.85. The van der Waals surface area contributed by atoms with Crippen molar-refractivity contribution in [3.63, 3.8) is 0 Å². The molecule has 0 bridgehead atoms. The highest BCUT2D eigenvalue weighted by Gasteiger charge is 2.46. The van der Waals surface area contributed by atoms with Crippen LogP contribution in [0.1, 0.15) is 40.0 Å². The molecule has 120 valence electrons. The summed E-state index contributed by atoms with van der Waals surface area (Å²) in [5.74, 6) is -0.839. The molecule has 2 N–H and O–H groups in total. The van der Waals surface area contributed by atoms with E-state index >= 15 is 0 Å². The summed E-state index contributed by atoms with van der Waals surface area (Å²) in [5.41, 5.74) is -0.414. The molecule has 2 amide bonds. The van der Waals surface area contributed by atoms with Crippen molar-refractivity contribution in [3.8, 4) is 0 Å². The molecule has 21 heavy (non-hydrogen) atoms. The van der Waals surface area contributed by atoms with Crippen LogP contribution in [-0.2, 0) is 4.79 Å². The first kappa shape index (κ1) is 16.1. The predicted octanol–water partition coefficient (Wildman–Crippen LogP) is 1.38. The fourth-order valence-corrected chi connectivity index (χ4v) is 3.60. The third-order valence-electron chi connectivity index (χ3n) is 4.93. The van der Waals surface area contributed by atoms with E-state index in [2.05, 4.69) is 0 Å². The average molecular weight is 298 g/mol. The topological polar surface area (TPSA) is 81.1 Å². The molecule has 0 aromatic heterocycles. The van der Waals surface area contributed by atoms with Crippen molar-refractivity contribution in [1.82, 2.24) is 9.80 Å². The zero-order valence-electron chi connectivity index (χ0n) is 13.1. The summed E-state index contributed by atoms with van der Waals surface area (Å²) in [6.07, 6.45) is 1.98. The zero-order valence-corrected chi connectivity index (χ0v) is 13.1. The lowest BCUT2D eigenvalue weighted by molar-refractivity contribution is -0.148. The van der Waals surface area contributed by atoms with Gasteiger partial charge in [0, 0.05) is 25.6 Å². The van der Waals surface area contributed by atoms with Crippen LogP contribution in [0.4, 0.5) is 4.79 Å². The number of rotatable bonds is 2. The SMILES string of the molecule is CC(O)C1CCN(C(=O)N2CCCC(C)(C)C2C(=O)O)C1. The summed E-state index contributed by atoms with van der Waals surface area (Å²) in [7, 11) is 0. The molecule has 0 spiro atoms. The molecule has 2 rings (SSSR count). The molecule has 0 aliphatic carbocycles. The molecule has 0 radical (unpaired) electrons. The fraction of sp³-hybridized carbons (Fsp3) is 0.867. The van der Waals surface area contributed by atoms with Crippen molar-refractivity contribution in [3.05, 3.63) is 0 Å². The Kier molecular flexibility index (Phi) is 4.46. The number of nitrogens with zero attached hydrogens (tertiary/aromatic N) is 2. The second kappa shape index (κ2) is 5.83. The molecule has 3 atom stereocenters. The number of urea groups is 1. The van der Waals surface area contributed by atoms with Gasteiger partial charge in [0.2, 0.25) is 0 Å². The van der Waals surface area contributed by atoms with E-state index in [1.165, 1.54) is 4.90 Å². The number of carboxylic acids is 1. The van der Waals surface area contributed by atoms with Crippen LogP contribution in [0.25, 0.3) is 0 Å². The number of hydrogen-bond acceptors (Lipinski definition) is 3. The third-order valence-corrected chi connectivity index (χ3v) is 4.93. The van der Waals surface area contributed by atoms with Crippen molar-refractivity contribution in [2.75, 3.05) is 19.6 Å². The van der Waals surface area contributed by atoms with Gasteiger partial charge in [-0.25, -0.2) is 9.59 Å². The number of likely N-dealkylation sites (tertiary alicyclic amines) is 2. The Hall–Kier alpha value is -1.30. The van der Waals surface area contributed by atoms with Crippen molar-refractivity contribution in [1.29, 1.82) is 0 Å². The van der Waals surface area contributed by atoms with E-state index in [1.54, 1.807) is 11.8 Å². The highest BCUT2D eigenvalue weighted by molar-refractivity contribution is 5.83. The summed E-state index contributed by atoms with van der Waals surface area (Å²) in [6.45, 7) is 7.16. The lowest BCUT2D eigenvalue weighted by Gasteiger charge is -2.45. The number of amides is 2. The largest absolute Gasteiger partial charge is 0.480 e. The van der Waals surface area contributed by atoms with Gasteiger partial charge in [0.1, 0.15) is 6.04 Å². The molecular formula is C15H26N2O4. The number of carbonyl (C=O) groups excluding carboxylic acids is 1. The number of aliphatic hydroxyl groups excluding tert-OH is 1. The maximum Gasteiger partial charge on any atom is 0.327 e. The lowest BCUT2D eigenvalue weighted by Crippen LogP contribution is -2.59. The van der Waals surface area contributed by atoms with Crippen LogP contribution in [0.3, 0.4) is 0 Å². The molecule has 2 fully saturated rings. The maximum atomic E-state index is 12.7. The van der Waals surface area contributed by atoms with Crippen molar-refractivity contribution in [2.45, 2.75) is 52.2 Å². The summed E-state index contributed by atoms with van der Waals surface area (Å²) in [4.78, 5) is 27.5. The van der Waals surface area contributed by atoms with E-state index in [-0.39, 0.29) is 11.9 Å². The number of carboxylic acid groups (broad SMARTS) is 1. The third kappa shape index (κ3) is 3.15. The van der Waals surface area contributed by atoms with E-state index < -0.39 is 23.5 Å². The number of carbonyl (C=O) groups is 2. The highest BCUT2D eigenvalue weighted by Crippen LogP contribution is 2.36. The first-order valence-corrected chi connectivity index (χ1v) is 7.70. The number of aliphatic hydroxyl groups is 1. The molecular weight excluding hydrogens is 272 g/mol. The smallest absolute Gasteiger partial charge is 0.327 e. The Balaban J connectivity index is 2.12. The van der Waals surface area contributed by atoms with E-state index in [0.717, 1.165) is 19.3 Å². The van der Waals surface area contributed by atoms with E-state index in [4.69, 9.17) is 0 Å². The minimum absolute atomic E-state index is 0.0926. The van der Waals surface area contributed by atoms with E-state index in [1.807, 2.05) is 13.8 Å². The first-order chi connectivity index (χ1) is 9.74. The molecule has 0 aromatic carbocycles. The summed E-state index contributed by atoms with van der Waals surface area (Å²) >= 11 is 0. The molecule has 2 saturated heterocycles. The Morgan fingerprint density at radius 3 is 2.48 bits per heavy atom. The van der Waals surface area contributed by atoms with Crippen LogP contribution in [0, 0.1) is 11.3 Å². The van der Waals surface area contributed by atoms with Gasteiger partial charge in [0.05, 0.1) is 6.10 Å². The Bertz CT molecular complexity index is 422. The Morgan fingerprint density at radius 2 is 1.95 bits per heavy atom. The van der Waals surface area contributed by atoms with Gasteiger partial charge >= 0.3 is 12.0 Å². The van der Waals surface area contributed by atoms with Crippen molar-refractivity contribution >= 4 is 12.0 Å². The van der Waals surface area contributed by atoms with Gasteiger partial charge in [-0.05, 0) is 31.6 Å². The molecule has 2 aliphatic rings. The van der Waals surface area contributed by atoms with Crippen molar-refractivity contribution in [2.24, 2.45) is 11.3 Å². The molecule has 0 saturated carbocycles. The van der Waals surface area contributed by atoms with E-state index in [0.29, 0.717) is 19.6 Å². The Morgan fingerprint density at radius 1 is 1.29 bits per heavy atom. The molecule has 6 heteroatoms. The van der Waals surface area contributed by atoms with Crippen LogP contribution in [0.5, 0.6) is 0 Å². The Labute approximate surface area is 125 Å². The van der Waals surface area contributed by atoms with Crippen LogP contribution in [0.15, 0.2) is 0 Å². The van der Waals surface area contributed by atoms with Gasteiger partial charge in [0.15, 0.2) is 0 Å². The highest BCUT2D eigenvalue weighted by atomic mass is 16.4. The number of hydrogen-bond donors (Lipinski definition) is 2. The van der Waals surface area contributed by atoms with Crippen molar-refractivity contribution < 1.29 is 19.8 Å². The van der Waals surface area contributed by atoms with Crippen LogP contribution in [0.2, 0.25) is 0 Å².